The molecule has 0 aliphatic heterocycles. The molecule has 34 heavy (non-hydrogen) atoms. The highest BCUT2D eigenvalue weighted by molar-refractivity contribution is 7.99. The van der Waals surface area contributed by atoms with Crippen molar-refractivity contribution in [2.24, 2.45) is 0 Å². The van der Waals surface area contributed by atoms with Gasteiger partial charge in [0.15, 0.2) is 10.1 Å². The zero-order valence-electron chi connectivity index (χ0n) is 19.0. The molecule has 1 aromatic heterocycles. The van der Waals surface area contributed by atoms with Crippen LogP contribution in [0.2, 0.25) is 0 Å². The van der Waals surface area contributed by atoms with Gasteiger partial charge in [0.2, 0.25) is 15.7 Å². The highest BCUT2D eigenvalue weighted by Crippen LogP contribution is 2.20. The summed E-state index contributed by atoms with van der Waals surface area (Å²) in [6.45, 7) is 2.42. The molecule has 0 aliphatic carbocycles. The van der Waals surface area contributed by atoms with Crippen LogP contribution < -0.4 is 15.6 Å². The van der Waals surface area contributed by atoms with Crippen LogP contribution in [0.5, 0.6) is 5.75 Å². The molecule has 1 amide bonds. The minimum absolute atomic E-state index is 0.0121. The molecule has 0 radical (unpaired) electrons. The molecule has 0 saturated heterocycles. The van der Waals surface area contributed by atoms with Crippen LogP contribution in [0.4, 0.5) is 0 Å². The number of amides is 1. The fourth-order valence-corrected chi connectivity index (χ4v) is 5.04. The minimum Gasteiger partial charge on any atom is -0.497 e. The van der Waals surface area contributed by atoms with Crippen molar-refractivity contribution in [2.45, 2.75) is 47.7 Å². The van der Waals surface area contributed by atoms with Crippen LogP contribution in [0.15, 0.2) is 74.5 Å². The largest absolute Gasteiger partial charge is 0.497 e. The van der Waals surface area contributed by atoms with Gasteiger partial charge in [-0.15, -0.1) is 0 Å². The standard InChI is InChI=1S/C24H27N3O5S2/c1-3-4-6-17-9-11-20(12-10-17)34(30,31)21-15-26-24(27-23(21)29)33-16-22(28)25-14-18-7-5-8-19(13-18)32-2/h5,7-13,15H,3-4,6,14,16H2,1-2H3,(H,25,28)(H,26,27,29). The lowest BCUT2D eigenvalue weighted by Crippen LogP contribution is -2.25. The number of thioether (sulfide) groups is 1. The first kappa shape index (κ1) is 25.5. The Hall–Kier alpha value is -3.11. The molecule has 8 nitrogen and oxygen atoms in total. The fourth-order valence-electron chi connectivity index (χ4n) is 3.14. The molecule has 0 unspecified atom stereocenters. The summed E-state index contributed by atoms with van der Waals surface area (Å²) < 4.78 is 30.9. The monoisotopic (exact) mass is 501 g/mol. The maximum absolute atomic E-state index is 12.9. The summed E-state index contributed by atoms with van der Waals surface area (Å²) in [6, 6.07) is 13.9. The molecule has 2 aromatic carbocycles. The summed E-state index contributed by atoms with van der Waals surface area (Å²) in [4.78, 5) is 30.7. The number of rotatable bonds is 11. The van der Waals surface area contributed by atoms with E-state index in [0.717, 1.165) is 48.3 Å². The number of H-pyrrole nitrogens is 1. The highest BCUT2D eigenvalue weighted by Gasteiger charge is 2.22. The predicted octanol–water partition coefficient (Wildman–Crippen LogP) is 3.36. The first-order valence-electron chi connectivity index (χ1n) is 10.8. The Bertz CT molecular complexity index is 1290. The van der Waals surface area contributed by atoms with Crippen molar-refractivity contribution < 1.29 is 17.9 Å². The SMILES string of the molecule is CCCCc1ccc(S(=O)(=O)c2cnc(SCC(=O)NCc3cccc(OC)c3)[nH]c2=O)cc1. The molecule has 0 atom stereocenters. The second kappa shape index (κ2) is 11.8. The first-order valence-corrected chi connectivity index (χ1v) is 13.3. The number of ether oxygens (including phenoxy) is 1. The number of nitrogens with one attached hydrogen (secondary N) is 2. The number of hydrogen-bond donors (Lipinski definition) is 2. The molecular weight excluding hydrogens is 474 g/mol. The highest BCUT2D eigenvalue weighted by atomic mass is 32.2. The molecule has 0 fully saturated rings. The molecule has 0 saturated carbocycles. The van der Waals surface area contributed by atoms with Crippen LogP contribution in [0.25, 0.3) is 0 Å². The van der Waals surface area contributed by atoms with Gasteiger partial charge < -0.3 is 15.0 Å². The van der Waals surface area contributed by atoms with Gasteiger partial charge in [0.1, 0.15) is 5.75 Å². The maximum Gasteiger partial charge on any atom is 0.270 e. The van der Waals surface area contributed by atoms with Crippen molar-refractivity contribution in [1.82, 2.24) is 15.3 Å². The number of benzene rings is 2. The van der Waals surface area contributed by atoms with Crippen molar-refractivity contribution in [3.63, 3.8) is 0 Å². The van der Waals surface area contributed by atoms with Crippen molar-refractivity contribution in [1.29, 1.82) is 0 Å². The Balaban J connectivity index is 1.60. The lowest BCUT2D eigenvalue weighted by Gasteiger charge is -2.08. The molecule has 3 aromatic rings. The van der Waals surface area contributed by atoms with E-state index in [-0.39, 0.29) is 21.7 Å². The molecule has 3 rings (SSSR count). The van der Waals surface area contributed by atoms with Crippen molar-refractivity contribution >= 4 is 27.5 Å². The van der Waals surface area contributed by atoms with Gasteiger partial charge in [0.05, 0.1) is 24.0 Å². The molecule has 10 heteroatoms. The third-order valence-electron chi connectivity index (χ3n) is 5.05. The van der Waals surface area contributed by atoms with Gasteiger partial charge in [-0.1, -0.05) is 49.4 Å². The van der Waals surface area contributed by atoms with E-state index in [0.29, 0.717) is 12.3 Å². The van der Waals surface area contributed by atoms with E-state index in [9.17, 15) is 18.0 Å². The van der Waals surface area contributed by atoms with E-state index >= 15 is 0 Å². The first-order chi connectivity index (χ1) is 16.3. The third kappa shape index (κ3) is 6.71. The number of unbranched alkanes of at least 4 members (excludes halogenated alkanes) is 1. The molecular formula is C24H27N3O5S2. The second-order valence-corrected chi connectivity index (χ2v) is 10.4. The summed E-state index contributed by atoms with van der Waals surface area (Å²) in [5, 5.41) is 2.94. The van der Waals surface area contributed by atoms with Gasteiger partial charge >= 0.3 is 0 Å². The van der Waals surface area contributed by atoms with E-state index in [2.05, 4.69) is 22.2 Å². The van der Waals surface area contributed by atoms with Crippen LogP contribution >= 0.6 is 11.8 Å². The Morgan fingerprint density at radius 3 is 2.59 bits per heavy atom. The van der Waals surface area contributed by atoms with E-state index < -0.39 is 20.3 Å². The number of aromatic nitrogens is 2. The smallest absolute Gasteiger partial charge is 0.270 e. The summed E-state index contributed by atoms with van der Waals surface area (Å²) >= 11 is 1.01. The van der Waals surface area contributed by atoms with Gasteiger partial charge in [-0.25, -0.2) is 13.4 Å². The number of aromatic amines is 1. The van der Waals surface area contributed by atoms with Crippen LogP contribution in [-0.4, -0.2) is 37.2 Å². The zero-order valence-corrected chi connectivity index (χ0v) is 20.7. The molecule has 0 spiro atoms. The van der Waals surface area contributed by atoms with E-state index in [1.54, 1.807) is 19.2 Å². The van der Waals surface area contributed by atoms with Crippen LogP contribution in [-0.2, 0) is 27.6 Å². The lowest BCUT2D eigenvalue weighted by atomic mass is 10.1. The Morgan fingerprint density at radius 2 is 1.91 bits per heavy atom. The van der Waals surface area contributed by atoms with Crippen LogP contribution in [0.1, 0.15) is 30.9 Å². The zero-order chi connectivity index (χ0) is 24.6. The fraction of sp³-hybridized carbons (Fsp3) is 0.292. The summed E-state index contributed by atoms with van der Waals surface area (Å²) in [5.74, 6) is 0.457. The van der Waals surface area contributed by atoms with Gasteiger partial charge in [0, 0.05) is 6.54 Å². The number of sulfone groups is 1. The average Bonchev–Trinajstić information content (AvgIpc) is 2.85. The van der Waals surface area contributed by atoms with Gasteiger partial charge in [0.25, 0.3) is 5.56 Å². The quantitative estimate of drug-likeness (QED) is 0.305. The maximum atomic E-state index is 12.9. The second-order valence-electron chi connectivity index (χ2n) is 7.55. The number of hydrogen-bond acceptors (Lipinski definition) is 7. The van der Waals surface area contributed by atoms with E-state index in [1.807, 2.05) is 24.3 Å². The third-order valence-corrected chi connectivity index (χ3v) is 7.70. The lowest BCUT2D eigenvalue weighted by molar-refractivity contribution is -0.118. The average molecular weight is 502 g/mol. The van der Waals surface area contributed by atoms with Crippen molar-refractivity contribution in [3.8, 4) is 5.75 Å². The summed E-state index contributed by atoms with van der Waals surface area (Å²) in [5.41, 5.74) is 1.16. The number of carbonyl (C=O) groups is 1. The van der Waals surface area contributed by atoms with Crippen molar-refractivity contribution in [2.75, 3.05) is 12.9 Å². The number of aryl methyl sites for hydroxylation is 1. The number of carbonyl (C=O) groups excluding carboxylic acids is 1. The molecule has 1 heterocycles. The predicted molar refractivity (Wildman–Crippen MR) is 131 cm³/mol. The molecule has 2 N–H and O–H groups in total. The minimum atomic E-state index is -4.01. The van der Waals surface area contributed by atoms with Crippen molar-refractivity contribution in [3.05, 3.63) is 76.2 Å². The normalized spacial score (nSPS) is 11.2. The summed E-state index contributed by atoms with van der Waals surface area (Å²) in [7, 11) is -2.43. The van der Waals surface area contributed by atoms with E-state index in [4.69, 9.17) is 4.74 Å². The molecule has 0 bridgehead atoms. The Morgan fingerprint density at radius 1 is 1.15 bits per heavy atom. The topological polar surface area (TPSA) is 118 Å². The number of methoxy groups -OCH3 is 1. The molecule has 0 aliphatic rings. The Labute approximate surface area is 203 Å². The van der Waals surface area contributed by atoms with E-state index in [1.165, 1.54) is 12.1 Å². The molecule has 180 valence electrons. The van der Waals surface area contributed by atoms with Crippen LogP contribution in [0, 0.1) is 0 Å². The Kier molecular flexibility index (Phi) is 8.89. The number of nitrogens with zero attached hydrogens (tertiary/aromatic N) is 1. The van der Waals surface area contributed by atoms with Gasteiger partial charge in [-0.2, -0.15) is 0 Å². The van der Waals surface area contributed by atoms with Gasteiger partial charge in [-0.05, 0) is 48.2 Å². The van der Waals surface area contributed by atoms with Crippen LogP contribution in [0.3, 0.4) is 0 Å². The summed E-state index contributed by atoms with van der Waals surface area (Å²) in [6.07, 6.45) is 3.98. The van der Waals surface area contributed by atoms with Gasteiger partial charge in [-0.3, -0.25) is 9.59 Å².